The number of nitrogens with one attached hydrogen (secondary N) is 1. The fourth-order valence-electron chi connectivity index (χ4n) is 1.44. The van der Waals surface area contributed by atoms with E-state index in [-0.39, 0.29) is 12.4 Å². The standard InChI is InChI=1S/C12H14ClN3O.ClH/c1-2-7-14-8-11-15-16-12(17-11)9-5-3-4-6-10(9)13;/h3-6,14H,2,7-8H2,1H3;1H. The number of nitrogens with zero attached hydrogens (tertiary/aromatic N) is 2. The number of aromatic nitrogens is 2. The normalized spacial score (nSPS) is 10.1. The van der Waals surface area contributed by atoms with E-state index in [9.17, 15) is 0 Å². The predicted octanol–water partition coefficient (Wildman–Crippen LogP) is 3.31. The van der Waals surface area contributed by atoms with Crippen molar-refractivity contribution in [3.8, 4) is 11.5 Å². The summed E-state index contributed by atoms with van der Waals surface area (Å²) in [5.41, 5.74) is 0.767. The molecule has 6 heteroatoms. The highest BCUT2D eigenvalue weighted by molar-refractivity contribution is 6.33. The minimum Gasteiger partial charge on any atom is -0.419 e. The molecular weight excluding hydrogens is 273 g/mol. The zero-order chi connectivity index (χ0) is 12.1. The van der Waals surface area contributed by atoms with Gasteiger partial charge < -0.3 is 9.73 Å². The Morgan fingerprint density at radius 3 is 2.78 bits per heavy atom. The van der Waals surface area contributed by atoms with Crippen molar-refractivity contribution in [2.75, 3.05) is 6.54 Å². The van der Waals surface area contributed by atoms with Crippen LogP contribution in [-0.4, -0.2) is 16.7 Å². The van der Waals surface area contributed by atoms with Crippen LogP contribution in [0, 0.1) is 0 Å². The lowest BCUT2D eigenvalue weighted by Gasteiger charge is -1.98. The van der Waals surface area contributed by atoms with E-state index in [0.29, 0.717) is 23.3 Å². The van der Waals surface area contributed by atoms with Gasteiger partial charge in [-0.3, -0.25) is 0 Å². The van der Waals surface area contributed by atoms with Gasteiger partial charge in [-0.15, -0.1) is 22.6 Å². The molecule has 4 nitrogen and oxygen atoms in total. The summed E-state index contributed by atoms with van der Waals surface area (Å²) in [7, 11) is 0. The third-order valence-corrected chi connectivity index (χ3v) is 2.60. The second-order valence-corrected chi connectivity index (χ2v) is 4.06. The Balaban J connectivity index is 0.00000162. The second-order valence-electron chi connectivity index (χ2n) is 3.66. The van der Waals surface area contributed by atoms with Crippen LogP contribution in [0.4, 0.5) is 0 Å². The molecule has 0 bridgehead atoms. The summed E-state index contributed by atoms with van der Waals surface area (Å²) in [6, 6.07) is 7.42. The smallest absolute Gasteiger partial charge is 0.249 e. The third kappa shape index (κ3) is 3.70. The molecule has 2 rings (SSSR count). The molecule has 0 fully saturated rings. The van der Waals surface area contributed by atoms with E-state index >= 15 is 0 Å². The van der Waals surface area contributed by atoms with E-state index in [1.165, 1.54) is 0 Å². The fraction of sp³-hybridized carbons (Fsp3) is 0.333. The zero-order valence-electron chi connectivity index (χ0n) is 10.0. The topological polar surface area (TPSA) is 51.0 Å². The Bertz CT molecular complexity index is 488. The lowest BCUT2D eigenvalue weighted by molar-refractivity contribution is 0.477. The van der Waals surface area contributed by atoms with E-state index in [2.05, 4.69) is 22.4 Å². The molecule has 0 saturated carbocycles. The van der Waals surface area contributed by atoms with Gasteiger partial charge in [-0.1, -0.05) is 30.7 Å². The first kappa shape index (κ1) is 15.0. The van der Waals surface area contributed by atoms with Gasteiger partial charge in [-0.2, -0.15) is 0 Å². The lowest BCUT2D eigenvalue weighted by Crippen LogP contribution is -2.13. The van der Waals surface area contributed by atoms with Gasteiger partial charge in [0.1, 0.15) is 0 Å². The Labute approximate surface area is 117 Å². The van der Waals surface area contributed by atoms with Gasteiger partial charge in [0.05, 0.1) is 17.1 Å². The molecule has 18 heavy (non-hydrogen) atoms. The van der Waals surface area contributed by atoms with Gasteiger partial charge in [0.25, 0.3) is 0 Å². The van der Waals surface area contributed by atoms with Gasteiger partial charge in [-0.05, 0) is 25.1 Å². The van der Waals surface area contributed by atoms with Crippen molar-refractivity contribution in [3.63, 3.8) is 0 Å². The fourth-order valence-corrected chi connectivity index (χ4v) is 1.66. The first-order valence-corrected chi connectivity index (χ1v) is 5.97. The summed E-state index contributed by atoms with van der Waals surface area (Å²) in [6.45, 7) is 3.63. The van der Waals surface area contributed by atoms with Crippen LogP contribution in [0.15, 0.2) is 28.7 Å². The van der Waals surface area contributed by atoms with E-state index in [1.54, 1.807) is 6.07 Å². The summed E-state index contributed by atoms with van der Waals surface area (Å²) in [4.78, 5) is 0. The molecule has 2 aromatic rings. The highest BCUT2D eigenvalue weighted by Crippen LogP contribution is 2.25. The number of hydrogen-bond acceptors (Lipinski definition) is 4. The van der Waals surface area contributed by atoms with Gasteiger partial charge in [-0.25, -0.2) is 0 Å². The molecule has 1 aromatic heterocycles. The average Bonchev–Trinajstić information content (AvgIpc) is 2.79. The molecular formula is C12H15Cl2N3O. The predicted molar refractivity (Wildman–Crippen MR) is 74.0 cm³/mol. The summed E-state index contributed by atoms with van der Waals surface area (Å²) in [5.74, 6) is 1.04. The minimum atomic E-state index is 0. The van der Waals surface area contributed by atoms with Crippen LogP contribution in [0.3, 0.4) is 0 Å². The van der Waals surface area contributed by atoms with Crippen molar-refractivity contribution < 1.29 is 4.42 Å². The van der Waals surface area contributed by atoms with Crippen LogP contribution in [0.2, 0.25) is 5.02 Å². The maximum atomic E-state index is 6.05. The Morgan fingerprint density at radius 1 is 1.28 bits per heavy atom. The molecule has 0 atom stereocenters. The number of hydrogen-bond donors (Lipinski definition) is 1. The molecule has 0 aliphatic carbocycles. The van der Waals surface area contributed by atoms with Crippen LogP contribution < -0.4 is 5.32 Å². The molecule has 0 aliphatic heterocycles. The third-order valence-electron chi connectivity index (χ3n) is 2.27. The van der Waals surface area contributed by atoms with Gasteiger partial charge >= 0.3 is 0 Å². The molecule has 0 amide bonds. The van der Waals surface area contributed by atoms with Crippen molar-refractivity contribution in [1.82, 2.24) is 15.5 Å². The van der Waals surface area contributed by atoms with E-state index in [0.717, 1.165) is 18.5 Å². The monoisotopic (exact) mass is 287 g/mol. The van der Waals surface area contributed by atoms with Crippen molar-refractivity contribution in [2.45, 2.75) is 19.9 Å². The van der Waals surface area contributed by atoms with E-state index in [1.807, 2.05) is 18.2 Å². The first-order valence-electron chi connectivity index (χ1n) is 5.59. The molecule has 1 aromatic carbocycles. The highest BCUT2D eigenvalue weighted by atomic mass is 35.5. The number of benzene rings is 1. The molecule has 0 aliphatic rings. The Hall–Kier alpha value is -1.10. The highest BCUT2D eigenvalue weighted by Gasteiger charge is 2.10. The van der Waals surface area contributed by atoms with Crippen LogP contribution >= 0.6 is 24.0 Å². The van der Waals surface area contributed by atoms with Crippen molar-refractivity contribution in [1.29, 1.82) is 0 Å². The van der Waals surface area contributed by atoms with Crippen LogP contribution in [0.1, 0.15) is 19.2 Å². The number of rotatable bonds is 5. The molecule has 0 unspecified atom stereocenters. The summed E-state index contributed by atoms with van der Waals surface area (Å²) >= 11 is 6.05. The Morgan fingerprint density at radius 2 is 2.06 bits per heavy atom. The minimum absolute atomic E-state index is 0. The van der Waals surface area contributed by atoms with E-state index in [4.69, 9.17) is 16.0 Å². The summed E-state index contributed by atoms with van der Waals surface area (Å²) in [5, 5.41) is 11.8. The molecule has 1 N–H and O–H groups in total. The van der Waals surface area contributed by atoms with Gasteiger partial charge in [0.15, 0.2) is 0 Å². The molecule has 0 spiro atoms. The van der Waals surface area contributed by atoms with Gasteiger partial charge in [0, 0.05) is 0 Å². The van der Waals surface area contributed by atoms with Crippen LogP contribution in [0.5, 0.6) is 0 Å². The first-order chi connectivity index (χ1) is 8.31. The largest absolute Gasteiger partial charge is 0.419 e. The summed E-state index contributed by atoms with van der Waals surface area (Å²) < 4.78 is 5.53. The SMILES string of the molecule is CCCNCc1nnc(-c2ccccc2Cl)o1.Cl. The maximum absolute atomic E-state index is 6.05. The Kier molecular flexibility index (Phi) is 6.12. The van der Waals surface area contributed by atoms with Crippen LogP contribution in [-0.2, 0) is 6.54 Å². The number of halogens is 2. The molecule has 98 valence electrons. The maximum Gasteiger partial charge on any atom is 0.249 e. The summed E-state index contributed by atoms with van der Waals surface area (Å²) in [6.07, 6.45) is 1.07. The lowest BCUT2D eigenvalue weighted by atomic mass is 10.2. The quantitative estimate of drug-likeness (QED) is 0.858. The molecule has 1 heterocycles. The van der Waals surface area contributed by atoms with Crippen LogP contribution in [0.25, 0.3) is 11.5 Å². The zero-order valence-corrected chi connectivity index (χ0v) is 11.6. The second kappa shape index (κ2) is 7.36. The van der Waals surface area contributed by atoms with Crippen molar-refractivity contribution in [3.05, 3.63) is 35.2 Å². The van der Waals surface area contributed by atoms with Crippen molar-refractivity contribution >= 4 is 24.0 Å². The average molecular weight is 288 g/mol. The van der Waals surface area contributed by atoms with E-state index < -0.39 is 0 Å². The molecule has 0 radical (unpaired) electrons. The van der Waals surface area contributed by atoms with Gasteiger partial charge in [0.2, 0.25) is 11.8 Å². The molecule has 0 saturated heterocycles. The van der Waals surface area contributed by atoms with Crippen molar-refractivity contribution in [2.24, 2.45) is 0 Å².